The van der Waals surface area contributed by atoms with Crippen LogP contribution < -0.4 is 4.74 Å². The number of hydrogen-bond donors (Lipinski definition) is 1. The summed E-state index contributed by atoms with van der Waals surface area (Å²) in [5.41, 5.74) is -0.192. The predicted octanol–water partition coefficient (Wildman–Crippen LogP) is 0.894. The first kappa shape index (κ1) is 13.4. The van der Waals surface area contributed by atoms with Crippen molar-refractivity contribution in [2.24, 2.45) is 0 Å². The molecular weight excluding hydrogens is 222 g/mol. The van der Waals surface area contributed by atoms with Crippen molar-refractivity contribution in [2.75, 3.05) is 20.7 Å². The van der Waals surface area contributed by atoms with E-state index < -0.39 is 5.97 Å². The van der Waals surface area contributed by atoms with Gasteiger partial charge in [0.2, 0.25) is 5.88 Å². The molecular formula is C11H17N3O3. The van der Waals surface area contributed by atoms with E-state index in [2.05, 4.69) is 10.2 Å². The standard InChI is InChI=1S/C11H17N3O3/c1-11(2,14(3)4)7-17-9-8(10(15)16)5-6-12-13-9/h5-6H,7H2,1-4H3,(H,15,16). The van der Waals surface area contributed by atoms with Gasteiger partial charge in [0.05, 0.1) is 6.20 Å². The van der Waals surface area contributed by atoms with Gasteiger partial charge in [-0.3, -0.25) is 0 Å². The molecule has 0 unspecified atom stereocenters. The van der Waals surface area contributed by atoms with Gasteiger partial charge < -0.3 is 14.7 Å². The lowest BCUT2D eigenvalue weighted by molar-refractivity contribution is 0.0680. The number of nitrogens with zero attached hydrogens (tertiary/aromatic N) is 3. The molecule has 0 aliphatic rings. The van der Waals surface area contributed by atoms with Crippen LogP contribution in [0.15, 0.2) is 12.3 Å². The first-order valence-corrected chi connectivity index (χ1v) is 5.20. The number of carboxylic acids is 1. The summed E-state index contributed by atoms with van der Waals surface area (Å²) in [7, 11) is 3.86. The van der Waals surface area contributed by atoms with Crippen LogP contribution in [0.3, 0.4) is 0 Å². The molecule has 6 nitrogen and oxygen atoms in total. The van der Waals surface area contributed by atoms with E-state index >= 15 is 0 Å². The molecule has 0 radical (unpaired) electrons. The molecule has 94 valence electrons. The summed E-state index contributed by atoms with van der Waals surface area (Å²) in [6.07, 6.45) is 1.33. The molecule has 0 bridgehead atoms. The minimum absolute atomic E-state index is 0.0227. The van der Waals surface area contributed by atoms with Gasteiger partial charge in [0.1, 0.15) is 12.2 Å². The fourth-order valence-corrected chi connectivity index (χ4v) is 0.962. The van der Waals surface area contributed by atoms with Gasteiger partial charge >= 0.3 is 5.97 Å². The van der Waals surface area contributed by atoms with Gasteiger partial charge in [0.15, 0.2) is 0 Å². The van der Waals surface area contributed by atoms with Crippen molar-refractivity contribution in [3.8, 4) is 5.88 Å². The number of ether oxygens (including phenoxy) is 1. The third-order valence-corrected chi connectivity index (χ3v) is 2.69. The number of rotatable bonds is 5. The molecule has 0 fully saturated rings. The third kappa shape index (κ3) is 3.39. The fourth-order valence-electron chi connectivity index (χ4n) is 0.962. The Hall–Kier alpha value is -1.69. The average molecular weight is 239 g/mol. The molecule has 6 heteroatoms. The van der Waals surface area contributed by atoms with Gasteiger partial charge in [-0.25, -0.2) is 4.79 Å². The van der Waals surface area contributed by atoms with E-state index in [9.17, 15) is 4.79 Å². The van der Waals surface area contributed by atoms with E-state index in [1.807, 2.05) is 32.8 Å². The molecule has 0 saturated heterocycles. The predicted molar refractivity (Wildman–Crippen MR) is 62.3 cm³/mol. The van der Waals surface area contributed by atoms with E-state index in [1.165, 1.54) is 12.3 Å². The lowest BCUT2D eigenvalue weighted by Crippen LogP contribution is -2.43. The van der Waals surface area contributed by atoms with Crippen molar-refractivity contribution in [3.05, 3.63) is 17.8 Å². The maximum atomic E-state index is 10.9. The van der Waals surface area contributed by atoms with E-state index in [-0.39, 0.29) is 17.0 Å². The van der Waals surface area contributed by atoms with Gasteiger partial charge in [-0.2, -0.15) is 5.10 Å². The second-order valence-electron chi connectivity index (χ2n) is 4.55. The Morgan fingerprint density at radius 3 is 2.71 bits per heavy atom. The van der Waals surface area contributed by atoms with Crippen LogP contribution in [-0.2, 0) is 0 Å². The normalized spacial score (nSPS) is 11.6. The Bertz CT molecular complexity index is 405. The summed E-state index contributed by atoms with van der Waals surface area (Å²) in [6, 6.07) is 1.37. The Kier molecular flexibility index (Phi) is 4.01. The summed E-state index contributed by atoms with van der Waals surface area (Å²) in [6.45, 7) is 4.31. The Morgan fingerprint density at radius 1 is 1.53 bits per heavy atom. The molecule has 1 aromatic heterocycles. The van der Waals surface area contributed by atoms with Gasteiger partial charge in [0.25, 0.3) is 0 Å². The van der Waals surface area contributed by atoms with Crippen molar-refractivity contribution >= 4 is 5.97 Å². The highest BCUT2D eigenvalue weighted by Gasteiger charge is 2.23. The van der Waals surface area contributed by atoms with Crippen molar-refractivity contribution in [1.29, 1.82) is 0 Å². The van der Waals surface area contributed by atoms with Crippen molar-refractivity contribution < 1.29 is 14.6 Å². The maximum Gasteiger partial charge on any atom is 0.341 e. The average Bonchev–Trinajstić information content (AvgIpc) is 2.26. The van der Waals surface area contributed by atoms with Crippen molar-refractivity contribution in [2.45, 2.75) is 19.4 Å². The lowest BCUT2D eigenvalue weighted by Gasteiger charge is -2.31. The van der Waals surface area contributed by atoms with Crippen LogP contribution in [0.1, 0.15) is 24.2 Å². The molecule has 0 aromatic carbocycles. The molecule has 0 aliphatic heterocycles. The quantitative estimate of drug-likeness (QED) is 0.822. The topological polar surface area (TPSA) is 75.5 Å². The molecule has 1 rings (SSSR count). The van der Waals surface area contributed by atoms with Crippen LogP contribution >= 0.6 is 0 Å². The first-order chi connectivity index (χ1) is 7.84. The second-order valence-corrected chi connectivity index (χ2v) is 4.55. The highest BCUT2D eigenvalue weighted by Crippen LogP contribution is 2.17. The fraction of sp³-hybridized carbons (Fsp3) is 0.545. The molecule has 0 spiro atoms. The number of carbonyl (C=O) groups is 1. The molecule has 1 N–H and O–H groups in total. The number of aromatic nitrogens is 2. The minimum atomic E-state index is -1.07. The molecule has 0 atom stereocenters. The monoisotopic (exact) mass is 239 g/mol. The van der Waals surface area contributed by atoms with Crippen molar-refractivity contribution in [3.63, 3.8) is 0 Å². The summed E-state index contributed by atoms with van der Waals surface area (Å²) >= 11 is 0. The van der Waals surface area contributed by atoms with Crippen LogP contribution in [0, 0.1) is 0 Å². The van der Waals surface area contributed by atoms with Crippen LogP contribution in [-0.4, -0.2) is 52.4 Å². The van der Waals surface area contributed by atoms with E-state index in [1.54, 1.807) is 0 Å². The van der Waals surface area contributed by atoms with Gasteiger partial charge in [-0.15, -0.1) is 5.10 Å². The zero-order valence-electron chi connectivity index (χ0n) is 10.5. The van der Waals surface area contributed by atoms with Gasteiger partial charge in [0, 0.05) is 5.54 Å². The molecule has 1 heterocycles. The maximum absolute atomic E-state index is 10.9. The lowest BCUT2D eigenvalue weighted by atomic mass is 10.1. The molecule has 0 amide bonds. The van der Waals surface area contributed by atoms with E-state index in [0.29, 0.717) is 6.61 Å². The van der Waals surface area contributed by atoms with Crippen LogP contribution in [0.25, 0.3) is 0 Å². The Balaban J connectivity index is 2.79. The number of carboxylic acid groups (broad SMARTS) is 1. The zero-order valence-corrected chi connectivity index (χ0v) is 10.5. The molecule has 1 aromatic rings. The number of aromatic carboxylic acids is 1. The minimum Gasteiger partial charge on any atom is -0.477 e. The highest BCUT2D eigenvalue weighted by atomic mass is 16.5. The van der Waals surface area contributed by atoms with Crippen LogP contribution in [0.2, 0.25) is 0 Å². The van der Waals surface area contributed by atoms with Crippen LogP contribution in [0.5, 0.6) is 5.88 Å². The second kappa shape index (κ2) is 5.09. The van der Waals surface area contributed by atoms with Crippen molar-refractivity contribution in [1.82, 2.24) is 15.1 Å². The molecule has 17 heavy (non-hydrogen) atoms. The molecule has 0 saturated carbocycles. The number of likely N-dealkylation sites (N-methyl/N-ethyl adjacent to an activating group) is 1. The first-order valence-electron chi connectivity index (χ1n) is 5.20. The number of hydrogen-bond acceptors (Lipinski definition) is 5. The summed E-state index contributed by atoms with van der Waals surface area (Å²) in [4.78, 5) is 12.9. The van der Waals surface area contributed by atoms with Gasteiger partial charge in [-0.1, -0.05) is 0 Å². The molecule has 0 aliphatic carbocycles. The third-order valence-electron chi connectivity index (χ3n) is 2.69. The Labute approximate surface area is 100 Å². The largest absolute Gasteiger partial charge is 0.477 e. The zero-order chi connectivity index (χ0) is 13.1. The van der Waals surface area contributed by atoms with E-state index in [4.69, 9.17) is 9.84 Å². The van der Waals surface area contributed by atoms with Crippen LogP contribution in [0.4, 0.5) is 0 Å². The van der Waals surface area contributed by atoms with Gasteiger partial charge in [-0.05, 0) is 34.0 Å². The summed E-state index contributed by atoms with van der Waals surface area (Å²) in [5, 5.41) is 16.3. The highest BCUT2D eigenvalue weighted by molar-refractivity contribution is 5.89. The SMILES string of the molecule is CN(C)C(C)(C)COc1nnccc1C(=O)O. The van der Waals surface area contributed by atoms with E-state index in [0.717, 1.165) is 0 Å². The smallest absolute Gasteiger partial charge is 0.341 e. The summed E-state index contributed by atoms with van der Waals surface area (Å²) in [5.74, 6) is -1.02. The Morgan fingerprint density at radius 2 is 2.18 bits per heavy atom. The summed E-state index contributed by atoms with van der Waals surface area (Å²) < 4.78 is 5.43.